The Morgan fingerprint density at radius 1 is 1.30 bits per heavy atom. The largest absolute Gasteiger partial charge is 0.342 e. The van der Waals surface area contributed by atoms with E-state index >= 15 is 0 Å². The van der Waals surface area contributed by atoms with Crippen molar-refractivity contribution in [3.63, 3.8) is 0 Å². The van der Waals surface area contributed by atoms with E-state index < -0.39 is 0 Å². The fourth-order valence-corrected chi connectivity index (χ4v) is 0.691. The number of nitrogens with zero attached hydrogens (tertiary/aromatic N) is 3. The monoisotopic (exact) mass is 227 g/mol. The van der Waals surface area contributed by atoms with Crippen LogP contribution in [0, 0.1) is 0 Å². The third kappa shape index (κ3) is 1.09. The molecule has 5 heteroatoms. The van der Waals surface area contributed by atoms with E-state index in [1.165, 1.54) is 6.33 Å². The summed E-state index contributed by atoms with van der Waals surface area (Å²) in [5.74, 6) is 0. The second-order valence-electron chi connectivity index (χ2n) is 1.66. The third-order valence-corrected chi connectivity index (χ3v) is 1.10. The van der Waals surface area contributed by atoms with Gasteiger partial charge in [0.1, 0.15) is 11.8 Å². The van der Waals surface area contributed by atoms with E-state index in [9.17, 15) is 0 Å². The summed E-state index contributed by atoms with van der Waals surface area (Å²) in [6.45, 7) is 0. The topological polar surface area (TPSA) is 54.5 Å². The first-order valence-corrected chi connectivity index (χ1v) is 2.56. The predicted molar refractivity (Wildman–Crippen MR) is 31.7 cm³/mol. The van der Waals surface area contributed by atoms with Gasteiger partial charge in [0.2, 0.25) is 0 Å². The standard InChI is InChI=1S/C5H4N4.Ag/c1-4-5(8-2-6-1)9-3-7-4;/h1-3H,(H,6,7,8,9);. The fourth-order valence-electron chi connectivity index (χ4n) is 0.691. The van der Waals surface area contributed by atoms with Crippen LogP contribution in [0.3, 0.4) is 0 Å². The van der Waals surface area contributed by atoms with Crippen molar-refractivity contribution in [2.45, 2.75) is 0 Å². The van der Waals surface area contributed by atoms with Gasteiger partial charge in [0, 0.05) is 22.4 Å². The Hall–Kier alpha value is -0.710. The quantitative estimate of drug-likeness (QED) is 0.662. The zero-order valence-electron chi connectivity index (χ0n) is 4.88. The van der Waals surface area contributed by atoms with Gasteiger partial charge in [-0.25, -0.2) is 15.0 Å². The number of nitrogens with one attached hydrogen (secondary N) is 1. The molecule has 0 atom stereocenters. The number of aromatic nitrogens is 4. The molecule has 0 aromatic carbocycles. The molecule has 2 aromatic rings. The van der Waals surface area contributed by atoms with Crippen LogP contribution in [0.25, 0.3) is 11.2 Å². The van der Waals surface area contributed by atoms with Gasteiger partial charge in [-0.1, -0.05) is 0 Å². The van der Waals surface area contributed by atoms with E-state index in [4.69, 9.17) is 0 Å². The molecular weight excluding hydrogens is 224 g/mol. The predicted octanol–water partition coefficient (Wildman–Crippen LogP) is 0.350. The van der Waals surface area contributed by atoms with Gasteiger partial charge in [0.05, 0.1) is 12.5 Å². The van der Waals surface area contributed by atoms with Gasteiger partial charge in [0.25, 0.3) is 0 Å². The summed E-state index contributed by atoms with van der Waals surface area (Å²) in [6, 6.07) is 0. The molecule has 0 spiro atoms. The molecule has 10 heavy (non-hydrogen) atoms. The summed E-state index contributed by atoms with van der Waals surface area (Å²) in [4.78, 5) is 14.5. The van der Waals surface area contributed by atoms with Crippen molar-refractivity contribution < 1.29 is 22.4 Å². The van der Waals surface area contributed by atoms with Crippen molar-refractivity contribution >= 4 is 11.2 Å². The summed E-state index contributed by atoms with van der Waals surface area (Å²) in [6.07, 6.45) is 4.76. The van der Waals surface area contributed by atoms with Crippen LogP contribution in [0.5, 0.6) is 0 Å². The minimum Gasteiger partial charge on any atom is -0.342 e. The SMILES string of the molecule is [Ag].c1ncc2[nH]cnc2n1. The first-order valence-electron chi connectivity index (χ1n) is 2.56. The molecule has 2 aromatic heterocycles. The molecule has 1 N–H and O–H groups in total. The van der Waals surface area contributed by atoms with Crippen molar-refractivity contribution in [2.24, 2.45) is 0 Å². The second kappa shape index (κ2) is 2.92. The van der Waals surface area contributed by atoms with Crippen molar-refractivity contribution in [1.29, 1.82) is 0 Å². The molecule has 0 saturated heterocycles. The smallest absolute Gasteiger partial charge is 0.180 e. The Labute approximate surface area is 72.6 Å². The van der Waals surface area contributed by atoms with Crippen molar-refractivity contribution in [3.8, 4) is 0 Å². The average molecular weight is 228 g/mol. The van der Waals surface area contributed by atoms with Crippen LogP contribution in [-0.4, -0.2) is 19.9 Å². The van der Waals surface area contributed by atoms with Gasteiger partial charge in [-0.15, -0.1) is 0 Å². The maximum absolute atomic E-state index is 3.91. The molecule has 0 unspecified atom stereocenters. The van der Waals surface area contributed by atoms with Gasteiger partial charge in [-0.05, 0) is 0 Å². The molecular formula is C5H4AgN4. The van der Waals surface area contributed by atoms with Crippen LogP contribution in [0.4, 0.5) is 0 Å². The zero-order valence-corrected chi connectivity index (χ0v) is 6.36. The maximum atomic E-state index is 3.91. The third-order valence-electron chi connectivity index (χ3n) is 1.10. The molecule has 0 aliphatic rings. The van der Waals surface area contributed by atoms with Crippen LogP contribution in [-0.2, 0) is 22.4 Å². The van der Waals surface area contributed by atoms with Gasteiger partial charge in [0.15, 0.2) is 5.65 Å². The van der Waals surface area contributed by atoms with E-state index in [0.29, 0.717) is 5.65 Å². The van der Waals surface area contributed by atoms with E-state index in [1.54, 1.807) is 12.5 Å². The van der Waals surface area contributed by atoms with Crippen molar-refractivity contribution in [1.82, 2.24) is 19.9 Å². The molecule has 55 valence electrons. The number of hydrogen-bond acceptors (Lipinski definition) is 3. The fraction of sp³-hybridized carbons (Fsp3) is 0. The Kier molecular flexibility index (Phi) is 2.16. The van der Waals surface area contributed by atoms with Crippen LogP contribution in [0.15, 0.2) is 18.9 Å². The summed E-state index contributed by atoms with van der Waals surface area (Å²) in [5.41, 5.74) is 1.59. The first kappa shape index (κ1) is 7.40. The van der Waals surface area contributed by atoms with E-state index in [1.807, 2.05) is 0 Å². The number of aromatic amines is 1. The molecule has 2 rings (SSSR count). The molecule has 0 aliphatic heterocycles. The molecule has 0 aliphatic carbocycles. The molecule has 2 heterocycles. The molecule has 0 saturated carbocycles. The normalized spacial score (nSPS) is 9.20. The summed E-state index contributed by atoms with van der Waals surface area (Å²) < 4.78 is 0. The number of fused-ring (bicyclic) bond motifs is 1. The zero-order chi connectivity index (χ0) is 6.10. The number of imidazole rings is 1. The molecule has 0 amide bonds. The Bertz CT molecular complexity index is 288. The second-order valence-corrected chi connectivity index (χ2v) is 1.66. The number of hydrogen-bond donors (Lipinski definition) is 1. The van der Waals surface area contributed by atoms with E-state index in [2.05, 4.69) is 19.9 Å². The number of rotatable bonds is 0. The molecule has 1 radical (unpaired) electrons. The Balaban J connectivity index is 0.000000500. The Morgan fingerprint density at radius 3 is 3.00 bits per heavy atom. The van der Waals surface area contributed by atoms with E-state index in [-0.39, 0.29) is 22.4 Å². The average Bonchev–Trinajstić information content (AvgIpc) is 2.33. The van der Waals surface area contributed by atoms with Gasteiger partial charge in [-0.2, -0.15) is 0 Å². The summed E-state index contributed by atoms with van der Waals surface area (Å²) >= 11 is 0. The minimum atomic E-state index is 0. The van der Waals surface area contributed by atoms with Gasteiger partial charge in [-0.3, -0.25) is 0 Å². The number of H-pyrrole nitrogens is 1. The Morgan fingerprint density at radius 2 is 2.20 bits per heavy atom. The van der Waals surface area contributed by atoms with Crippen LogP contribution < -0.4 is 0 Å². The van der Waals surface area contributed by atoms with Crippen molar-refractivity contribution in [3.05, 3.63) is 18.9 Å². The summed E-state index contributed by atoms with van der Waals surface area (Å²) in [5, 5.41) is 0. The van der Waals surface area contributed by atoms with Gasteiger partial charge >= 0.3 is 0 Å². The minimum absolute atomic E-state index is 0. The molecule has 0 fully saturated rings. The first-order chi connectivity index (χ1) is 4.47. The van der Waals surface area contributed by atoms with Crippen molar-refractivity contribution in [2.75, 3.05) is 0 Å². The maximum Gasteiger partial charge on any atom is 0.180 e. The van der Waals surface area contributed by atoms with Crippen LogP contribution in [0.1, 0.15) is 0 Å². The van der Waals surface area contributed by atoms with Gasteiger partial charge < -0.3 is 4.98 Å². The van der Waals surface area contributed by atoms with Crippen LogP contribution >= 0.6 is 0 Å². The summed E-state index contributed by atoms with van der Waals surface area (Å²) in [7, 11) is 0. The van der Waals surface area contributed by atoms with Crippen LogP contribution in [0.2, 0.25) is 0 Å². The molecule has 4 nitrogen and oxygen atoms in total. The molecule has 0 bridgehead atoms. The van der Waals surface area contributed by atoms with E-state index in [0.717, 1.165) is 5.52 Å².